The highest BCUT2D eigenvalue weighted by Gasteiger charge is 2.27. The molecule has 2 N–H and O–H groups in total. The SMILES string of the molecule is CN=C(NCCCc1ccccc1)NCc1ccc(COCC(F)(F)F)cc1. The van der Waals surface area contributed by atoms with Crippen molar-refractivity contribution in [3.8, 4) is 0 Å². The summed E-state index contributed by atoms with van der Waals surface area (Å²) in [5, 5.41) is 6.50. The second-order valence-corrected chi connectivity index (χ2v) is 6.37. The zero-order valence-electron chi connectivity index (χ0n) is 15.9. The number of benzene rings is 2. The first-order valence-electron chi connectivity index (χ1n) is 9.17. The Balaban J connectivity index is 1.66. The van der Waals surface area contributed by atoms with E-state index in [-0.39, 0.29) is 6.61 Å². The van der Waals surface area contributed by atoms with Crippen LogP contribution in [-0.2, 0) is 24.3 Å². The molecule has 0 aliphatic heterocycles. The summed E-state index contributed by atoms with van der Waals surface area (Å²) in [4.78, 5) is 4.20. The number of hydrogen-bond donors (Lipinski definition) is 2. The van der Waals surface area contributed by atoms with Gasteiger partial charge in [0.25, 0.3) is 0 Å². The molecule has 152 valence electrons. The molecule has 2 rings (SSSR count). The lowest BCUT2D eigenvalue weighted by atomic mass is 10.1. The van der Waals surface area contributed by atoms with Crippen LogP contribution in [0.4, 0.5) is 13.2 Å². The van der Waals surface area contributed by atoms with Gasteiger partial charge in [-0.05, 0) is 29.5 Å². The lowest BCUT2D eigenvalue weighted by Crippen LogP contribution is -2.37. The summed E-state index contributed by atoms with van der Waals surface area (Å²) in [5.41, 5.74) is 3.02. The maximum Gasteiger partial charge on any atom is 0.411 e. The number of alkyl halides is 3. The fourth-order valence-electron chi connectivity index (χ4n) is 2.59. The Morgan fingerprint density at radius 3 is 2.25 bits per heavy atom. The summed E-state index contributed by atoms with van der Waals surface area (Å²) in [6.45, 7) is 0.0898. The van der Waals surface area contributed by atoms with E-state index in [0.29, 0.717) is 18.1 Å². The summed E-state index contributed by atoms with van der Waals surface area (Å²) in [5.74, 6) is 0.714. The van der Waals surface area contributed by atoms with Crippen LogP contribution in [-0.4, -0.2) is 32.3 Å². The maximum absolute atomic E-state index is 12.1. The molecule has 0 atom stereocenters. The Kier molecular flexibility index (Phi) is 8.81. The lowest BCUT2D eigenvalue weighted by Gasteiger charge is -2.12. The van der Waals surface area contributed by atoms with Gasteiger partial charge in [-0.1, -0.05) is 54.6 Å². The molecule has 0 saturated heterocycles. The maximum atomic E-state index is 12.1. The molecule has 0 saturated carbocycles. The normalized spacial score (nSPS) is 12.1. The van der Waals surface area contributed by atoms with Crippen molar-refractivity contribution in [2.45, 2.75) is 32.2 Å². The Hall–Kier alpha value is -2.54. The molecule has 0 bridgehead atoms. The summed E-state index contributed by atoms with van der Waals surface area (Å²) in [6.07, 6.45) is -2.30. The summed E-state index contributed by atoms with van der Waals surface area (Å²) < 4.78 is 40.9. The van der Waals surface area contributed by atoms with Crippen LogP contribution in [0.5, 0.6) is 0 Å². The number of nitrogens with one attached hydrogen (secondary N) is 2. The second-order valence-electron chi connectivity index (χ2n) is 6.37. The highest BCUT2D eigenvalue weighted by atomic mass is 19.4. The Morgan fingerprint density at radius 1 is 0.929 bits per heavy atom. The molecule has 4 nitrogen and oxygen atoms in total. The molecule has 2 aromatic rings. The van der Waals surface area contributed by atoms with Crippen LogP contribution in [0.3, 0.4) is 0 Å². The number of halogens is 3. The van der Waals surface area contributed by atoms with Crippen molar-refractivity contribution >= 4 is 5.96 Å². The second kappa shape index (κ2) is 11.3. The smallest absolute Gasteiger partial charge is 0.367 e. The molecule has 28 heavy (non-hydrogen) atoms. The molecule has 0 heterocycles. The summed E-state index contributed by atoms with van der Waals surface area (Å²) in [6, 6.07) is 17.6. The number of hydrogen-bond acceptors (Lipinski definition) is 2. The van der Waals surface area contributed by atoms with Gasteiger partial charge in [0.15, 0.2) is 5.96 Å². The minimum atomic E-state index is -4.30. The first-order valence-corrected chi connectivity index (χ1v) is 9.17. The van der Waals surface area contributed by atoms with Crippen molar-refractivity contribution in [3.63, 3.8) is 0 Å². The third kappa shape index (κ3) is 8.90. The number of rotatable bonds is 9. The van der Waals surface area contributed by atoms with Crippen LogP contribution >= 0.6 is 0 Å². The molecule has 0 spiro atoms. The van der Waals surface area contributed by atoms with Gasteiger partial charge in [0.1, 0.15) is 6.61 Å². The predicted molar refractivity (Wildman–Crippen MR) is 105 cm³/mol. The molecule has 0 amide bonds. The van der Waals surface area contributed by atoms with Crippen molar-refractivity contribution in [1.29, 1.82) is 0 Å². The van der Waals surface area contributed by atoms with E-state index in [1.165, 1.54) is 5.56 Å². The van der Waals surface area contributed by atoms with Gasteiger partial charge in [0, 0.05) is 20.1 Å². The van der Waals surface area contributed by atoms with E-state index in [9.17, 15) is 13.2 Å². The fourth-order valence-corrected chi connectivity index (χ4v) is 2.59. The van der Waals surface area contributed by atoms with Gasteiger partial charge in [-0.25, -0.2) is 0 Å². The van der Waals surface area contributed by atoms with Crippen molar-refractivity contribution in [3.05, 3.63) is 71.3 Å². The topological polar surface area (TPSA) is 45.7 Å². The lowest BCUT2D eigenvalue weighted by molar-refractivity contribution is -0.176. The third-order valence-electron chi connectivity index (χ3n) is 4.02. The number of aliphatic imine (C=N–C) groups is 1. The monoisotopic (exact) mass is 393 g/mol. The van der Waals surface area contributed by atoms with Crippen molar-refractivity contribution in [2.24, 2.45) is 4.99 Å². The van der Waals surface area contributed by atoms with Gasteiger partial charge in [0.2, 0.25) is 0 Å². The standard InChI is InChI=1S/C21H26F3N3O/c1-25-20(26-13-5-8-17-6-3-2-4-7-17)27-14-18-9-11-19(12-10-18)15-28-16-21(22,23)24/h2-4,6-7,9-12H,5,8,13-16H2,1H3,(H2,25,26,27). The van der Waals surface area contributed by atoms with E-state index in [0.717, 1.165) is 24.9 Å². The minimum absolute atomic E-state index is 0.0577. The summed E-state index contributed by atoms with van der Waals surface area (Å²) >= 11 is 0. The van der Waals surface area contributed by atoms with Gasteiger partial charge in [-0.3, -0.25) is 4.99 Å². The average molecular weight is 393 g/mol. The first-order chi connectivity index (χ1) is 13.5. The Bertz CT molecular complexity index is 716. The first kappa shape index (κ1) is 21.8. The van der Waals surface area contributed by atoms with Gasteiger partial charge < -0.3 is 15.4 Å². The van der Waals surface area contributed by atoms with Crippen molar-refractivity contribution in [1.82, 2.24) is 10.6 Å². The van der Waals surface area contributed by atoms with E-state index in [1.807, 2.05) is 30.3 Å². The fraction of sp³-hybridized carbons (Fsp3) is 0.381. The van der Waals surface area contributed by atoms with Gasteiger partial charge in [-0.2, -0.15) is 13.2 Å². The third-order valence-corrected chi connectivity index (χ3v) is 4.02. The molecular weight excluding hydrogens is 367 g/mol. The molecule has 0 unspecified atom stereocenters. The molecule has 0 aliphatic carbocycles. The average Bonchev–Trinajstić information content (AvgIpc) is 2.68. The zero-order chi connectivity index (χ0) is 20.2. The molecule has 0 aromatic heterocycles. The minimum Gasteiger partial charge on any atom is -0.367 e. The van der Waals surface area contributed by atoms with Crippen LogP contribution in [0, 0.1) is 0 Å². The van der Waals surface area contributed by atoms with E-state index < -0.39 is 12.8 Å². The molecule has 0 radical (unpaired) electrons. The van der Waals surface area contributed by atoms with Crippen LogP contribution in [0.25, 0.3) is 0 Å². The van der Waals surface area contributed by atoms with Crippen LogP contribution in [0.1, 0.15) is 23.1 Å². The van der Waals surface area contributed by atoms with E-state index >= 15 is 0 Å². The van der Waals surface area contributed by atoms with E-state index in [2.05, 4.69) is 32.5 Å². The molecule has 0 aliphatic rings. The van der Waals surface area contributed by atoms with Gasteiger partial charge in [-0.15, -0.1) is 0 Å². The molecule has 0 fully saturated rings. The van der Waals surface area contributed by atoms with Crippen molar-refractivity contribution in [2.75, 3.05) is 20.2 Å². The number of nitrogens with zero attached hydrogens (tertiary/aromatic N) is 1. The van der Waals surface area contributed by atoms with Crippen LogP contribution in [0.15, 0.2) is 59.6 Å². The largest absolute Gasteiger partial charge is 0.411 e. The predicted octanol–water partition coefficient (Wildman–Crippen LogP) is 4.06. The molecular formula is C21H26F3N3O. The number of guanidine groups is 1. The number of ether oxygens (including phenoxy) is 1. The highest BCUT2D eigenvalue weighted by molar-refractivity contribution is 5.79. The zero-order valence-corrected chi connectivity index (χ0v) is 15.9. The molecule has 2 aromatic carbocycles. The van der Waals surface area contributed by atoms with Crippen molar-refractivity contribution < 1.29 is 17.9 Å². The van der Waals surface area contributed by atoms with Crippen LogP contribution in [0.2, 0.25) is 0 Å². The highest BCUT2D eigenvalue weighted by Crippen LogP contribution is 2.15. The van der Waals surface area contributed by atoms with E-state index in [1.54, 1.807) is 19.2 Å². The van der Waals surface area contributed by atoms with Crippen LogP contribution < -0.4 is 10.6 Å². The quantitative estimate of drug-likeness (QED) is 0.384. The summed E-state index contributed by atoms with van der Waals surface area (Å²) in [7, 11) is 1.72. The Morgan fingerprint density at radius 2 is 1.61 bits per heavy atom. The number of aryl methyl sites for hydroxylation is 1. The van der Waals surface area contributed by atoms with E-state index in [4.69, 9.17) is 0 Å². The van der Waals surface area contributed by atoms with Gasteiger partial charge >= 0.3 is 6.18 Å². The Labute approximate surface area is 163 Å². The van der Waals surface area contributed by atoms with Gasteiger partial charge in [0.05, 0.1) is 6.61 Å². The molecule has 7 heteroatoms.